The fourth-order valence-corrected chi connectivity index (χ4v) is 2.37. The number of hydrogen-bond donors (Lipinski definition) is 0. The van der Waals surface area contributed by atoms with Crippen LogP contribution in [0.5, 0.6) is 5.75 Å². The van der Waals surface area contributed by atoms with Crippen molar-refractivity contribution in [3.63, 3.8) is 0 Å². The Morgan fingerprint density at radius 3 is 2.60 bits per heavy atom. The average Bonchev–Trinajstić information content (AvgIpc) is 2.38. The molecule has 4 heteroatoms. The smallest absolute Gasteiger partial charge is 0.225 e. The van der Waals surface area contributed by atoms with Gasteiger partial charge in [-0.2, -0.15) is 0 Å². The quantitative estimate of drug-likeness (QED) is 0.717. The second-order valence-corrected chi connectivity index (χ2v) is 5.83. The van der Waals surface area contributed by atoms with Crippen LogP contribution in [0, 0.1) is 5.92 Å². The number of rotatable bonds is 7. The molecular formula is C16H22ClNO2. The van der Waals surface area contributed by atoms with Gasteiger partial charge in [-0.1, -0.05) is 18.0 Å². The molecule has 0 radical (unpaired) electrons. The number of halogens is 1. The van der Waals surface area contributed by atoms with Crippen molar-refractivity contribution in [3.05, 3.63) is 29.3 Å². The molecule has 0 heterocycles. The summed E-state index contributed by atoms with van der Waals surface area (Å²) in [5.74, 6) is 1.45. The third kappa shape index (κ3) is 4.41. The van der Waals surface area contributed by atoms with E-state index in [1.165, 1.54) is 6.42 Å². The van der Waals surface area contributed by atoms with Gasteiger partial charge in [-0.15, -0.1) is 0 Å². The molecule has 0 aromatic heterocycles. The largest absolute Gasteiger partial charge is 0.494 e. The molecule has 0 saturated heterocycles. The van der Waals surface area contributed by atoms with Crippen LogP contribution in [0.15, 0.2) is 24.3 Å². The highest BCUT2D eigenvalue weighted by molar-refractivity contribution is 6.30. The van der Waals surface area contributed by atoms with E-state index in [0.29, 0.717) is 23.5 Å². The van der Waals surface area contributed by atoms with Crippen LogP contribution in [-0.2, 0) is 4.79 Å². The minimum Gasteiger partial charge on any atom is -0.494 e. The number of carbonyl (C=O) groups is 1. The van der Waals surface area contributed by atoms with Crippen LogP contribution < -0.4 is 4.74 Å². The third-order valence-corrected chi connectivity index (χ3v) is 4.05. The molecular weight excluding hydrogens is 274 g/mol. The molecule has 2 rings (SSSR count). The van der Waals surface area contributed by atoms with Crippen molar-refractivity contribution >= 4 is 17.5 Å². The van der Waals surface area contributed by atoms with E-state index in [-0.39, 0.29) is 0 Å². The van der Waals surface area contributed by atoms with E-state index in [1.807, 2.05) is 36.2 Å². The van der Waals surface area contributed by atoms with Crippen molar-refractivity contribution < 1.29 is 9.53 Å². The van der Waals surface area contributed by atoms with Gasteiger partial charge in [0.05, 0.1) is 6.61 Å². The molecule has 3 nitrogen and oxygen atoms in total. The average molecular weight is 296 g/mol. The molecule has 1 aromatic carbocycles. The first-order valence-electron chi connectivity index (χ1n) is 7.30. The SMILES string of the molecule is CN(CCCCOc1ccc(Cl)cc1)C(=O)C1CCC1. The van der Waals surface area contributed by atoms with Crippen molar-refractivity contribution in [2.75, 3.05) is 20.2 Å². The molecule has 1 fully saturated rings. The highest BCUT2D eigenvalue weighted by atomic mass is 35.5. The number of hydrogen-bond acceptors (Lipinski definition) is 2. The Morgan fingerprint density at radius 1 is 1.30 bits per heavy atom. The van der Waals surface area contributed by atoms with Crippen LogP contribution >= 0.6 is 11.6 Å². The first-order valence-corrected chi connectivity index (χ1v) is 7.68. The summed E-state index contributed by atoms with van der Waals surface area (Å²) in [5.41, 5.74) is 0. The van der Waals surface area contributed by atoms with Gasteiger partial charge in [0.1, 0.15) is 5.75 Å². The van der Waals surface area contributed by atoms with E-state index in [9.17, 15) is 4.79 Å². The molecule has 0 bridgehead atoms. The van der Waals surface area contributed by atoms with Gasteiger partial charge in [0, 0.05) is 24.5 Å². The van der Waals surface area contributed by atoms with Gasteiger partial charge >= 0.3 is 0 Å². The Kier molecular flexibility index (Phi) is 5.72. The zero-order valence-corrected chi connectivity index (χ0v) is 12.7. The van der Waals surface area contributed by atoms with Crippen LogP contribution in [0.3, 0.4) is 0 Å². The maximum absolute atomic E-state index is 11.9. The normalized spacial score (nSPS) is 14.7. The Hall–Kier alpha value is -1.22. The van der Waals surface area contributed by atoms with Gasteiger partial charge in [0.25, 0.3) is 0 Å². The van der Waals surface area contributed by atoms with Gasteiger partial charge < -0.3 is 9.64 Å². The Morgan fingerprint density at radius 2 is 2.00 bits per heavy atom. The van der Waals surface area contributed by atoms with Gasteiger partial charge in [-0.05, 0) is 49.9 Å². The highest BCUT2D eigenvalue weighted by Gasteiger charge is 2.27. The Bertz CT molecular complexity index is 429. The summed E-state index contributed by atoms with van der Waals surface area (Å²) in [6.45, 7) is 1.49. The topological polar surface area (TPSA) is 29.5 Å². The lowest BCUT2D eigenvalue weighted by Crippen LogP contribution is -2.36. The van der Waals surface area contributed by atoms with Crippen LogP contribution in [0.1, 0.15) is 32.1 Å². The Balaban J connectivity index is 1.57. The second kappa shape index (κ2) is 7.53. The predicted molar refractivity (Wildman–Crippen MR) is 81.2 cm³/mol. The first kappa shape index (κ1) is 15.2. The summed E-state index contributed by atoms with van der Waals surface area (Å²) < 4.78 is 5.62. The number of ether oxygens (including phenoxy) is 1. The number of carbonyl (C=O) groups excluding carboxylic acids is 1. The van der Waals surface area contributed by atoms with Gasteiger partial charge in [-0.3, -0.25) is 4.79 Å². The van der Waals surface area contributed by atoms with Crippen molar-refractivity contribution in [2.24, 2.45) is 5.92 Å². The molecule has 0 atom stereocenters. The summed E-state index contributed by atoms with van der Waals surface area (Å²) in [7, 11) is 1.90. The minimum absolute atomic E-state index is 0.297. The van der Waals surface area contributed by atoms with E-state index in [0.717, 1.165) is 38.0 Å². The van der Waals surface area contributed by atoms with Crippen molar-refractivity contribution in [1.29, 1.82) is 0 Å². The Labute approximate surface area is 125 Å². The molecule has 0 unspecified atom stereocenters. The van der Waals surface area contributed by atoms with Gasteiger partial charge in [-0.25, -0.2) is 0 Å². The summed E-state index contributed by atoms with van der Waals surface area (Å²) >= 11 is 5.81. The van der Waals surface area contributed by atoms with Gasteiger partial charge in [0.2, 0.25) is 5.91 Å². The fourth-order valence-electron chi connectivity index (χ4n) is 2.25. The molecule has 0 N–H and O–H groups in total. The van der Waals surface area contributed by atoms with Gasteiger partial charge in [0.15, 0.2) is 0 Å². The van der Waals surface area contributed by atoms with E-state index in [1.54, 1.807) is 0 Å². The van der Waals surface area contributed by atoms with Crippen molar-refractivity contribution in [3.8, 4) is 5.75 Å². The maximum atomic E-state index is 11.9. The molecule has 1 aromatic rings. The van der Waals surface area contributed by atoms with E-state index in [4.69, 9.17) is 16.3 Å². The van der Waals surface area contributed by atoms with Crippen LogP contribution in [-0.4, -0.2) is 31.0 Å². The third-order valence-electron chi connectivity index (χ3n) is 3.80. The van der Waals surface area contributed by atoms with Crippen LogP contribution in [0.4, 0.5) is 0 Å². The predicted octanol–water partition coefficient (Wildman–Crippen LogP) is 3.76. The molecule has 0 aliphatic heterocycles. The summed E-state index contributed by atoms with van der Waals surface area (Å²) in [4.78, 5) is 13.8. The summed E-state index contributed by atoms with van der Waals surface area (Å²) in [6, 6.07) is 7.38. The van der Waals surface area contributed by atoms with Crippen LogP contribution in [0.25, 0.3) is 0 Å². The zero-order valence-electron chi connectivity index (χ0n) is 12.0. The molecule has 1 aliphatic rings. The molecule has 1 aliphatic carbocycles. The monoisotopic (exact) mass is 295 g/mol. The molecule has 20 heavy (non-hydrogen) atoms. The standard InChI is InChI=1S/C16H22ClNO2/c1-18(16(19)13-5-4-6-13)11-2-3-12-20-15-9-7-14(17)8-10-15/h7-10,13H,2-6,11-12H2,1H3. The zero-order chi connectivity index (χ0) is 14.4. The minimum atomic E-state index is 0.297. The van der Waals surface area contributed by atoms with E-state index in [2.05, 4.69) is 0 Å². The van der Waals surface area contributed by atoms with Crippen molar-refractivity contribution in [1.82, 2.24) is 4.90 Å². The molecule has 1 saturated carbocycles. The number of unbranched alkanes of at least 4 members (excludes halogenated alkanes) is 1. The second-order valence-electron chi connectivity index (χ2n) is 5.40. The van der Waals surface area contributed by atoms with Crippen LogP contribution in [0.2, 0.25) is 5.02 Å². The lowest BCUT2D eigenvalue weighted by molar-refractivity contribution is -0.136. The summed E-state index contributed by atoms with van der Waals surface area (Å²) in [5, 5.41) is 0.716. The van der Waals surface area contributed by atoms with E-state index >= 15 is 0 Å². The number of benzene rings is 1. The van der Waals surface area contributed by atoms with E-state index < -0.39 is 0 Å². The lowest BCUT2D eigenvalue weighted by Gasteiger charge is -2.29. The molecule has 0 spiro atoms. The highest BCUT2D eigenvalue weighted by Crippen LogP contribution is 2.27. The lowest BCUT2D eigenvalue weighted by atomic mass is 9.84. The first-order chi connectivity index (χ1) is 9.66. The number of nitrogens with zero attached hydrogens (tertiary/aromatic N) is 1. The maximum Gasteiger partial charge on any atom is 0.225 e. The van der Waals surface area contributed by atoms with Crippen molar-refractivity contribution in [2.45, 2.75) is 32.1 Å². The number of amides is 1. The summed E-state index contributed by atoms with van der Waals surface area (Å²) in [6.07, 6.45) is 5.28. The molecule has 1 amide bonds. The molecule has 110 valence electrons. The fraction of sp³-hybridized carbons (Fsp3) is 0.562.